The SMILES string of the molecule is C1=CC2C=Cc3c(n(-c4nc(-c5ccccc5)nc5c4oc4cc(-c6cccc7ccccc67)c6ccccc6c45)c4ccccc34)C2C=C1. The summed E-state index contributed by atoms with van der Waals surface area (Å²) < 4.78 is 9.41. The number of hydrogen-bond donors (Lipinski definition) is 0. The van der Waals surface area contributed by atoms with Gasteiger partial charge >= 0.3 is 0 Å². The molecule has 0 radical (unpaired) electrons. The Hall–Kier alpha value is -6.52. The molecule has 0 fully saturated rings. The van der Waals surface area contributed by atoms with Crippen molar-refractivity contribution in [2.75, 3.05) is 0 Å². The number of furan rings is 1. The number of nitrogens with zero attached hydrogens (tertiary/aromatic N) is 3. The van der Waals surface area contributed by atoms with E-state index >= 15 is 0 Å². The van der Waals surface area contributed by atoms with E-state index in [0.717, 1.165) is 49.7 Å². The van der Waals surface area contributed by atoms with Gasteiger partial charge in [0.25, 0.3) is 0 Å². The van der Waals surface area contributed by atoms with Crippen molar-refractivity contribution in [2.45, 2.75) is 5.92 Å². The first kappa shape index (κ1) is 27.4. The number of benzene rings is 6. The van der Waals surface area contributed by atoms with Gasteiger partial charge in [-0.15, -0.1) is 0 Å². The third-order valence-corrected chi connectivity index (χ3v) is 10.6. The maximum absolute atomic E-state index is 7.06. The van der Waals surface area contributed by atoms with Gasteiger partial charge in [-0.05, 0) is 44.8 Å². The lowest BCUT2D eigenvalue weighted by molar-refractivity contribution is 0.643. The van der Waals surface area contributed by atoms with Crippen LogP contribution < -0.4 is 0 Å². The van der Waals surface area contributed by atoms with E-state index in [2.05, 4.69) is 150 Å². The van der Waals surface area contributed by atoms with Crippen molar-refractivity contribution in [3.63, 3.8) is 0 Å². The molecule has 2 aliphatic carbocycles. The maximum Gasteiger partial charge on any atom is 0.197 e. The highest BCUT2D eigenvalue weighted by Gasteiger charge is 2.32. The van der Waals surface area contributed by atoms with Crippen molar-refractivity contribution in [3.8, 4) is 28.3 Å². The second-order valence-electron chi connectivity index (χ2n) is 13.3. The Morgan fingerprint density at radius 1 is 0.600 bits per heavy atom. The quantitative estimate of drug-likeness (QED) is 0.193. The van der Waals surface area contributed by atoms with Crippen LogP contribution in [0.3, 0.4) is 0 Å². The van der Waals surface area contributed by atoms with Crippen molar-refractivity contribution in [2.24, 2.45) is 5.92 Å². The highest BCUT2D eigenvalue weighted by molar-refractivity contribution is 6.23. The van der Waals surface area contributed by atoms with Gasteiger partial charge in [0.05, 0.1) is 10.9 Å². The molecule has 3 aromatic heterocycles. The van der Waals surface area contributed by atoms with Crippen LogP contribution in [0.1, 0.15) is 17.2 Å². The minimum atomic E-state index is 0.167. The predicted molar refractivity (Wildman–Crippen MR) is 206 cm³/mol. The molecule has 0 saturated carbocycles. The fourth-order valence-corrected chi connectivity index (χ4v) is 8.34. The summed E-state index contributed by atoms with van der Waals surface area (Å²) in [6.07, 6.45) is 13.5. The smallest absolute Gasteiger partial charge is 0.197 e. The Balaban J connectivity index is 1.29. The molecule has 0 amide bonds. The predicted octanol–water partition coefficient (Wildman–Crippen LogP) is 11.8. The molecule has 0 aliphatic heterocycles. The fraction of sp³-hybridized carbons (Fsp3) is 0.0435. The van der Waals surface area contributed by atoms with Gasteiger partial charge in [-0.2, -0.15) is 0 Å². The highest BCUT2D eigenvalue weighted by atomic mass is 16.3. The largest absolute Gasteiger partial charge is 0.450 e. The molecule has 9 aromatic rings. The Labute approximate surface area is 288 Å². The van der Waals surface area contributed by atoms with Gasteiger partial charge < -0.3 is 4.42 Å². The fourth-order valence-electron chi connectivity index (χ4n) is 8.34. The van der Waals surface area contributed by atoms with E-state index < -0.39 is 0 Å². The van der Waals surface area contributed by atoms with E-state index in [4.69, 9.17) is 14.4 Å². The van der Waals surface area contributed by atoms with Crippen LogP contribution in [-0.2, 0) is 0 Å². The van der Waals surface area contributed by atoms with Gasteiger partial charge in [0.2, 0.25) is 0 Å². The zero-order valence-corrected chi connectivity index (χ0v) is 27.0. The average Bonchev–Trinajstić information content (AvgIpc) is 3.73. The van der Waals surface area contributed by atoms with Crippen molar-refractivity contribution in [3.05, 3.63) is 169 Å². The Bertz CT molecular complexity index is 2940. The number of hydrogen-bond acceptors (Lipinski definition) is 3. The molecule has 2 atom stereocenters. The normalized spacial score (nSPS) is 16.6. The van der Waals surface area contributed by atoms with Crippen LogP contribution in [0, 0.1) is 5.92 Å². The lowest BCUT2D eigenvalue weighted by Crippen LogP contribution is -2.17. The molecular formula is C46H29N3O. The minimum Gasteiger partial charge on any atom is -0.450 e. The van der Waals surface area contributed by atoms with Gasteiger partial charge in [0, 0.05) is 34.0 Å². The molecule has 4 heteroatoms. The molecule has 0 N–H and O–H groups in total. The zero-order chi connectivity index (χ0) is 32.8. The third-order valence-electron chi connectivity index (χ3n) is 10.6. The number of fused-ring (bicyclic) bond motifs is 11. The third kappa shape index (κ3) is 3.87. The van der Waals surface area contributed by atoms with Crippen LogP contribution in [0.4, 0.5) is 0 Å². The lowest BCUT2D eigenvalue weighted by Gasteiger charge is -2.27. The second-order valence-corrected chi connectivity index (χ2v) is 13.3. The first-order valence-electron chi connectivity index (χ1n) is 17.2. The number of allylic oxidation sites excluding steroid dienone is 5. The van der Waals surface area contributed by atoms with Gasteiger partial charge in [-0.3, -0.25) is 4.57 Å². The minimum absolute atomic E-state index is 0.167. The van der Waals surface area contributed by atoms with Crippen LogP contribution in [0.15, 0.2) is 162 Å². The number of para-hydroxylation sites is 1. The molecule has 0 spiro atoms. The lowest BCUT2D eigenvalue weighted by atomic mass is 9.80. The summed E-state index contributed by atoms with van der Waals surface area (Å²) in [4.78, 5) is 10.7. The summed E-state index contributed by atoms with van der Waals surface area (Å²) in [5, 5.41) is 6.90. The van der Waals surface area contributed by atoms with Crippen molar-refractivity contribution < 1.29 is 4.42 Å². The van der Waals surface area contributed by atoms with Crippen LogP contribution in [0.2, 0.25) is 0 Å². The standard InChI is InChI=1S/C46H29N3O/c1-2-15-30(16-3-1)45-47-42-41-36-22-9-8-20-34(36)38(33-23-12-17-28-13-4-6-18-31(28)33)27-40(41)50-44(42)46(48-45)49-39-24-11-10-21-35(39)37-26-25-29-14-5-7-19-32(29)43(37)49/h1-27,29,32H. The van der Waals surface area contributed by atoms with Crippen LogP contribution in [0.25, 0.3) is 88.9 Å². The Kier molecular flexibility index (Phi) is 5.75. The second kappa shape index (κ2) is 10.5. The summed E-state index contributed by atoms with van der Waals surface area (Å²) in [5.41, 5.74) is 9.14. The zero-order valence-electron chi connectivity index (χ0n) is 27.0. The molecular weight excluding hydrogens is 611 g/mol. The topological polar surface area (TPSA) is 43.9 Å². The first-order valence-corrected chi connectivity index (χ1v) is 17.2. The molecule has 50 heavy (non-hydrogen) atoms. The molecule has 4 nitrogen and oxygen atoms in total. The Morgan fingerprint density at radius 3 is 2.24 bits per heavy atom. The summed E-state index contributed by atoms with van der Waals surface area (Å²) in [6.45, 7) is 0. The molecule has 3 heterocycles. The van der Waals surface area contributed by atoms with Gasteiger partial charge in [0.15, 0.2) is 17.2 Å². The number of rotatable bonds is 3. The number of aromatic nitrogens is 3. The van der Waals surface area contributed by atoms with E-state index in [1.807, 2.05) is 18.2 Å². The molecule has 234 valence electrons. The van der Waals surface area contributed by atoms with Crippen LogP contribution >= 0.6 is 0 Å². The summed E-state index contributed by atoms with van der Waals surface area (Å²) >= 11 is 0. The summed E-state index contributed by atoms with van der Waals surface area (Å²) in [5.74, 6) is 1.87. The van der Waals surface area contributed by atoms with Crippen molar-refractivity contribution in [1.82, 2.24) is 14.5 Å². The first-order chi connectivity index (χ1) is 24.8. The van der Waals surface area contributed by atoms with E-state index in [9.17, 15) is 0 Å². The van der Waals surface area contributed by atoms with Gasteiger partial charge in [0.1, 0.15) is 11.1 Å². The monoisotopic (exact) mass is 639 g/mol. The molecule has 2 aliphatic rings. The van der Waals surface area contributed by atoms with E-state index in [-0.39, 0.29) is 11.8 Å². The molecule has 0 bridgehead atoms. The molecule has 6 aromatic carbocycles. The molecule has 2 unspecified atom stereocenters. The van der Waals surface area contributed by atoms with E-state index in [1.54, 1.807) is 0 Å². The molecule has 11 rings (SSSR count). The van der Waals surface area contributed by atoms with Crippen LogP contribution in [0.5, 0.6) is 0 Å². The average molecular weight is 640 g/mol. The summed E-state index contributed by atoms with van der Waals surface area (Å²) in [7, 11) is 0. The van der Waals surface area contributed by atoms with Crippen molar-refractivity contribution >= 4 is 60.6 Å². The van der Waals surface area contributed by atoms with E-state index in [0.29, 0.717) is 11.4 Å². The van der Waals surface area contributed by atoms with E-state index in [1.165, 1.54) is 33.0 Å². The maximum atomic E-state index is 7.06. The van der Waals surface area contributed by atoms with Gasteiger partial charge in [-0.1, -0.05) is 152 Å². The highest BCUT2D eigenvalue weighted by Crippen LogP contribution is 2.47. The van der Waals surface area contributed by atoms with Gasteiger partial charge in [-0.25, -0.2) is 9.97 Å². The van der Waals surface area contributed by atoms with Crippen LogP contribution in [-0.4, -0.2) is 14.5 Å². The summed E-state index contributed by atoms with van der Waals surface area (Å²) in [6, 6.07) is 44.9. The van der Waals surface area contributed by atoms with Crippen molar-refractivity contribution in [1.29, 1.82) is 0 Å². The molecule has 0 saturated heterocycles. The Morgan fingerprint density at radius 2 is 1.34 bits per heavy atom.